The summed E-state index contributed by atoms with van der Waals surface area (Å²) in [6, 6.07) is 0. The van der Waals surface area contributed by atoms with Crippen LogP contribution in [0.5, 0.6) is 0 Å². The maximum absolute atomic E-state index is 10.2. The molecule has 0 unspecified atom stereocenters. The molecule has 1 heterocycles. The van der Waals surface area contributed by atoms with Gasteiger partial charge in [-0.25, -0.2) is 0 Å². The number of aromatic nitrogens is 1. The number of pyridine rings is 1. The smallest absolute Gasteiger partial charge is 0.235 e. The Morgan fingerprint density at radius 3 is 2.86 bits per heavy atom. The number of nitro groups is 1. The van der Waals surface area contributed by atoms with Crippen LogP contribution in [0.15, 0.2) is 18.6 Å². The summed E-state index contributed by atoms with van der Waals surface area (Å²) < 4.78 is 0. The predicted octanol–water partition coefficient (Wildman–Crippen LogP) is 2.20. The van der Waals surface area contributed by atoms with Gasteiger partial charge in [0.2, 0.25) is 6.20 Å². The van der Waals surface area contributed by atoms with E-state index in [1.165, 1.54) is 6.08 Å². The Balaban J connectivity index is 3.08. The third-order valence-electron chi connectivity index (χ3n) is 2.04. The number of hydrogen-bond donors (Lipinski definition) is 0. The van der Waals surface area contributed by atoms with Crippen LogP contribution in [0.25, 0.3) is 6.08 Å². The van der Waals surface area contributed by atoms with Gasteiger partial charge in [-0.1, -0.05) is 6.92 Å². The first-order chi connectivity index (χ1) is 6.65. The molecule has 74 valence electrons. The van der Waals surface area contributed by atoms with Crippen LogP contribution in [0.1, 0.15) is 23.6 Å². The number of nitrogens with zero attached hydrogens (tertiary/aromatic N) is 2. The van der Waals surface area contributed by atoms with Crippen LogP contribution in [-0.2, 0) is 6.42 Å². The lowest BCUT2D eigenvalue weighted by atomic mass is 10.0. The van der Waals surface area contributed by atoms with Gasteiger partial charge in [-0.15, -0.1) is 0 Å². The molecule has 0 aliphatic rings. The minimum Gasteiger partial charge on any atom is -0.264 e. The van der Waals surface area contributed by atoms with Crippen LogP contribution < -0.4 is 0 Å². The van der Waals surface area contributed by atoms with Crippen molar-refractivity contribution < 1.29 is 4.92 Å². The SMILES string of the molecule is CCc1c(C)cncc1C=C[N+](=O)[O-]. The predicted molar refractivity (Wildman–Crippen MR) is 54.4 cm³/mol. The molecule has 0 radical (unpaired) electrons. The van der Waals surface area contributed by atoms with Gasteiger partial charge in [0.05, 0.1) is 4.92 Å². The molecule has 0 N–H and O–H groups in total. The summed E-state index contributed by atoms with van der Waals surface area (Å²) in [5.41, 5.74) is 3.00. The van der Waals surface area contributed by atoms with E-state index in [1.807, 2.05) is 13.8 Å². The second kappa shape index (κ2) is 4.50. The van der Waals surface area contributed by atoms with Gasteiger partial charge in [0.1, 0.15) is 0 Å². The fourth-order valence-corrected chi connectivity index (χ4v) is 1.38. The van der Waals surface area contributed by atoms with Crippen LogP contribution in [0.4, 0.5) is 0 Å². The number of rotatable bonds is 3. The molecular weight excluding hydrogens is 180 g/mol. The molecule has 0 saturated heterocycles. The largest absolute Gasteiger partial charge is 0.264 e. The zero-order valence-corrected chi connectivity index (χ0v) is 8.23. The molecule has 0 aliphatic carbocycles. The minimum absolute atomic E-state index is 0.470. The van der Waals surface area contributed by atoms with E-state index in [2.05, 4.69) is 4.98 Å². The highest BCUT2D eigenvalue weighted by Crippen LogP contribution is 2.14. The van der Waals surface area contributed by atoms with Gasteiger partial charge in [-0.3, -0.25) is 15.1 Å². The summed E-state index contributed by atoms with van der Waals surface area (Å²) >= 11 is 0. The first kappa shape index (κ1) is 10.4. The summed E-state index contributed by atoms with van der Waals surface area (Å²) in [5.74, 6) is 0. The average molecular weight is 192 g/mol. The fourth-order valence-electron chi connectivity index (χ4n) is 1.38. The maximum Gasteiger partial charge on any atom is 0.235 e. The van der Waals surface area contributed by atoms with Crippen LogP contribution in [0.2, 0.25) is 0 Å². The van der Waals surface area contributed by atoms with Gasteiger partial charge in [0, 0.05) is 24.0 Å². The summed E-state index contributed by atoms with van der Waals surface area (Å²) in [6.45, 7) is 3.97. The molecule has 0 aliphatic heterocycles. The molecule has 14 heavy (non-hydrogen) atoms. The summed E-state index contributed by atoms with van der Waals surface area (Å²) in [6.07, 6.45) is 6.69. The van der Waals surface area contributed by atoms with Crippen molar-refractivity contribution in [2.24, 2.45) is 0 Å². The molecule has 1 aromatic heterocycles. The number of hydrogen-bond acceptors (Lipinski definition) is 3. The molecule has 0 aromatic carbocycles. The Bertz CT molecular complexity index is 372. The van der Waals surface area contributed by atoms with E-state index in [-0.39, 0.29) is 0 Å². The third-order valence-corrected chi connectivity index (χ3v) is 2.04. The normalized spacial score (nSPS) is 10.7. The lowest BCUT2D eigenvalue weighted by Gasteiger charge is -2.04. The van der Waals surface area contributed by atoms with E-state index < -0.39 is 4.92 Å². The molecule has 0 saturated carbocycles. The Morgan fingerprint density at radius 1 is 1.57 bits per heavy atom. The maximum atomic E-state index is 10.2. The second-order valence-electron chi connectivity index (χ2n) is 2.98. The molecule has 0 spiro atoms. The highest BCUT2D eigenvalue weighted by molar-refractivity contribution is 5.53. The molecule has 0 bridgehead atoms. The van der Waals surface area contributed by atoms with E-state index in [9.17, 15) is 10.1 Å². The van der Waals surface area contributed by atoms with Crippen LogP contribution in [-0.4, -0.2) is 9.91 Å². The molecule has 0 fully saturated rings. The molecule has 0 atom stereocenters. The second-order valence-corrected chi connectivity index (χ2v) is 2.98. The Hall–Kier alpha value is -1.71. The van der Waals surface area contributed by atoms with Crippen LogP contribution in [0.3, 0.4) is 0 Å². The van der Waals surface area contributed by atoms with Gasteiger partial charge in [0.15, 0.2) is 0 Å². The van der Waals surface area contributed by atoms with Gasteiger partial charge in [-0.2, -0.15) is 0 Å². The van der Waals surface area contributed by atoms with E-state index in [1.54, 1.807) is 12.4 Å². The van der Waals surface area contributed by atoms with E-state index >= 15 is 0 Å². The van der Waals surface area contributed by atoms with Gasteiger partial charge in [0.25, 0.3) is 0 Å². The van der Waals surface area contributed by atoms with Gasteiger partial charge in [-0.05, 0) is 24.5 Å². The lowest BCUT2D eigenvalue weighted by Crippen LogP contribution is -1.93. The Labute approximate surface area is 82.4 Å². The third kappa shape index (κ3) is 2.39. The molecule has 4 nitrogen and oxygen atoms in total. The van der Waals surface area contributed by atoms with Crippen molar-refractivity contribution in [2.45, 2.75) is 20.3 Å². The minimum atomic E-state index is -0.470. The monoisotopic (exact) mass is 192 g/mol. The zero-order chi connectivity index (χ0) is 10.6. The summed E-state index contributed by atoms with van der Waals surface area (Å²) in [7, 11) is 0. The average Bonchev–Trinajstić information content (AvgIpc) is 2.14. The van der Waals surface area contributed by atoms with Crippen LogP contribution in [0, 0.1) is 17.0 Å². The standard InChI is InChI=1S/C10H12N2O2/c1-3-10-8(2)6-11-7-9(10)4-5-12(13)14/h4-7H,3H2,1-2H3. The topological polar surface area (TPSA) is 56.0 Å². The highest BCUT2D eigenvalue weighted by atomic mass is 16.6. The van der Waals surface area contributed by atoms with Crippen molar-refractivity contribution in [1.82, 2.24) is 4.98 Å². The van der Waals surface area contributed by atoms with Crippen LogP contribution >= 0.6 is 0 Å². The summed E-state index contributed by atoms with van der Waals surface area (Å²) in [4.78, 5) is 13.7. The first-order valence-corrected chi connectivity index (χ1v) is 4.40. The molecule has 0 amide bonds. The van der Waals surface area contributed by atoms with Gasteiger partial charge >= 0.3 is 0 Å². The van der Waals surface area contributed by atoms with Crippen molar-refractivity contribution in [3.63, 3.8) is 0 Å². The van der Waals surface area contributed by atoms with E-state index in [0.29, 0.717) is 0 Å². The quantitative estimate of drug-likeness (QED) is 0.545. The zero-order valence-electron chi connectivity index (χ0n) is 8.23. The van der Waals surface area contributed by atoms with Crippen molar-refractivity contribution in [1.29, 1.82) is 0 Å². The Morgan fingerprint density at radius 2 is 2.29 bits per heavy atom. The van der Waals surface area contributed by atoms with Crippen molar-refractivity contribution in [3.8, 4) is 0 Å². The van der Waals surface area contributed by atoms with Crippen molar-refractivity contribution in [2.75, 3.05) is 0 Å². The fraction of sp³-hybridized carbons (Fsp3) is 0.300. The molecule has 4 heteroatoms. The molecular formula is C10H12N2O2. The van der Waals surface area contributed by atoms with Gasteiger partial charge < -0.3 is 0 Å². The van der Waals surface area contributed by atoms with E-state index in [4.69, 9.17) is 0 Å². The molecule has 1 rings (SSSR count). The Kier molecular flexibility index (Phi) is 3.34. The molecule has 1 aromatic rings. The van der Waals surface area contributed by atoms with Crippen molar-refractivity contribution in [3.05, 3.63) is 45.4 Å². The van der Waals surface area contributed by atoms with Crippen molar-refractivity contribution >= 4 is 6.08 Å². The number of aryl methyl sites for hydroxylation is 1. The lowest BCUT2D eigenvalue weighted by molar-refractivity contribution is -0.400. The first-order valence-electron chi connectivity index (χ1n) is 4.40. The van der Waals surface area contributed by atoms with E-state index in [0.717, 1.165) is 29.3 Å². The summed E-state index contributed by atoms with van der Waals surface area (Å²) in [5, 5.41) is 10.2. The highest BCUT2D eigenvalue weighted by Gasteiger charge is 2.02.